The fraction of sp³-hybridized carbons (Fsp3) is 0.455. The summed E-state index contributed by atoms with van der Waals surface area (Å²) in [7, 11) is 0. The summed E-state index contributed by atoms with van der Waals surface area (Å²) in [5.41, 5.74) is 0.621. The third kappa shape index (κ3) is 4.85. The third-order valence-electron chi connectivity index (χ3n) is 5.78. The molecule has 0 spiro atoms. The van der Waals surface area contributed by atoms with Crippen molar-refractivity contribution in [1.82, 2.24) is 14.9 Å². The molecule has 1 aromatic carbocycles. The summed E-state index contributed by atoms with van der Waals surface area (Å²) in [4.78, 5) is 41.9. The molecule has 1 aromatic heterocycles. The first-order chi connectivity index (χ1) is 15.3. The second-order valence-electron chi connectivity index (χ2n) is 8.49. The number of benzene rings is 1. The van der Waals surface area contributed by atoms with Crippen molar-refractivity contribution in [3.8, 4) is 11.3 Å². The molecule has 9 nitrogen and oxygen atoms in total. The second-order valence-corrected chi connectivity index (χ2v) is 8.93. The van der Waals surface area contributed by atoms with Crippen LogP contribution in [0.4, 0.5) is 5.69 Å². The minimum absolute atomic E-state index is 0.0134. The summed E-state index contributed by atoms with van der Waals surface area (Å²) in [6.07, 6.45) is 1.73. The van der Waals surface area contributed by atoms with Crippen LogP contribution in [0.3, 0.4) is 0 Å². The van der Waals surface area contributed by atoms with Crippen LogP contribution in [-0.4, -0.2) is 52.8 Å². The zero-order valence-electron chi connectivity index (χ0n) is 17.7. The summed E-state index contributed by atoms with van der Waals surface area (Å²) in [6, 6.07) is 6.35. The molecule has 10 heteroatoms. The second kappa shape index (κ2) is 9.01. The molecule has 0 unspecified atom stereocenters. The molecule has 0 radical (unpaired) electrons. The number of nitrogens with one attached hydrogen (secondary N) is 2. The molecular weight excluding hydrogens is 436 g/mol. The Hall–Kier alpha value is -2.75. The van der Waals surface area contributed by atoms with Gasteiger partial charge in [-0.25, -0.2) is 4.98 Å². The molecular formula is C22H25ClN4O5. The summed E-state index contributed by atoms with van der Waals surface area (Å²) in [5, 5.41) is 15.5. The van der Waals surface area contributed by atoms with Gasteiger partial charge in [-0.15, -0.1) is 0 Å². The number of carbonyl (C=O) groups excluding carboxylic acids is 2. The first-order valence-corrected chi connectivity index (χ1v) is 10.8. The van der Waals surface area contributed by atoms with Crippen molar-refractivity contribution in [3.05, 3.63) is 45.5 Å². The Balaban J connectivity index is 1.52. The predicted octanol–water partition coefficient (Wildman–Crippen LogP) is 1.35. The minimum atomic E-state index is -0.451. The monoisotopic (exact) mass is 460 g/mol. The van der Waals surface area contributed by atoms with Gasteiger partial charge >= 0.3 is 0 Å². The number of amides is 2. The molecule has 2 aromatic rings. The smallest absolute Gasteiger partial charge is 0.254 e. The van der Waals surface area contributed by atoms with Crippen LogP contribution in [-0.2, 0) is 20.9 Å². The van der Waals surface area contributed by atoms with Gasteiger partial charge in [-0.05, 0) is 38.0 Å². The van der Waals surface area contributed by atoms with Crippen molar-refractivity contribution in [1.29, 1.82) is 0 Å². The van der Waals surface area contributed by atoms with Gasteiger partial charge in [0.05, 0.1) is 36.6 Å². The Labute approximate surface area is 189 Å². The molecule has 1 saturated carbocycles. The number of hydrogen-bond donors (Lipinski definition) is 3. The average Bonchev–Trinajstić information content (AvgIpc) is 3.56. The maximum atomic E-state index is 12.8. The van der Waals surface area contributed by atoms with Crippen LogP contribution in [0.5, 0.6) is 0 Å². The van der Waals surface area contributed by atoms with Crippen LogP contribution >= 0.6 is 11.6 Å². The molecule has 170 valence electrons. The Morgan fingerprint density at radius 2 is 2.06 bits per heavy atom. The Morgan fingerprint density at radius 1 is 1.31 bits per heavy atom. The molecule has 1 aliphatic heterocycles. The van der Waals surface area contributed by atoms with E-state index in [-0.39, 0.29) is 43.0 Å². The van der Waals surface area contributed by atoms with E-state index in [0.29, 0.717) is 41.0 Å². The fourth-order valence-electron chi connectivity index (χ4n) is 3.50. The molecule has 0 bridgehead atoms. The lowest BCUT2D eigenvalue weighted by Crippen LogP contribution is -2.53. The number of aromatic nitrogens is 2. The van der Waals surface area contributed by atoms with Crippen molar-refractivity contribution >= 4 is 29.1 Å². The molecule has 3 N–H and O–H groups in total. The Kier molecular flexibility index (Phi) is 6.32. The molecule has 32 heavy (non-hydrogen) atoms. The first-order valence-electron chi connectivity index (χ1n) is 10.4. The number of aliphatic hydroxyl groups excluding tert-OH is 1. The maximum absolute atomic E-state index is 12.8. The van der Waals surface area contributed by atoms with Crippen LogP contribution in [0.25, 0.3) is 11.3 Å². The molecule has 2 aliphatic rings. The van der Waals surface area contributed by atoms with Crippen LogP contribution in [0.1, 0.15) is 18.7 Å². The summed E-state index contributed by atoms with van der Waals surface area (Å²) in [5.74, 6) is -0.0541. The maximum Gasteiger partial charge on any atom is 0.254 e. The molecule has 2 heterocycles. The van der Waals surface area contributed by atoms with Crippen LogP contribution in [0.15, 0.2) is 29.1 Å². The average molecular weight is 461 g/mol. The van der Waals surface area contributed by atoms with E-state index in [2.05, 4.69) is 15.6 Å². The SMILES string of the molecule is Cc1nc(-c2ccc(Cl)cc2NC(=O)C2CC2)cc(=O)n1CC(=O)NCC1(CO)COC1. The highest BCUT2D eigenvalue weighted by Crippen LogP contribution is 2.34. The molecule has 1 aliphatic carbocycles. The van der Waals surface area contributed by atoms with Crippen LogP contribution in [0.2, 0.25) is 5.02 Å². The lowest BCUT2D eigenvalue weighted by molar-refractivity contribution is -0.141. The number of halogens is 1. The number of aryl methyl sites for hydroxylation is 1. The van der Waals surface area contributed by atoms with Gasteiger partial charge in [0.2, 0.25) is 11.8 Å². The van der Waals surface area contributed by atoms with Crippen LogP contribution < -0.4 is 16.2 Å². The number of carbonyl (C=O) groups is 2. The third-order valence-corrected chi connectivity index (χ3v) is 6.01. The van der Waals surface area contributed by atoms with Gasteiger partial charge in [0.1, 0.15) is 12.4 Å². The van der Waals surface area contributed by atoms with Crippen molar-refractivity contribution in [3.63, 3.8) is 0 Å². The van der Waals surface area contributed by atoms with E-state index in [1.165, 1.54) is 10.6 Å². The van der Waals surface area contributed by atoms with Crippen LogP contribution in [0, 0.1) is 18.3 Å². The predicted molar refractivity (Wildman–Crippen MR) is 118 cm³/mol. The summed E-state index contributed by atoms with van der Waals surface area (Å²) >= 11 is 6.11. The van der Waals surface area contributed by atoms with E-state index < -0.39 is 5.41 Å². The lowest BCUT2D eigenvalue weighted by atomic mass is 9.87. The molecule has 2 amide bonds. The lowest BCUT2D eigenvalue weighted by Gasteiger charge is -2.39. The molecule has 4 rings (SSSR count). The van der Waals surface area contributed by atoms with Crippen molar-refractivity contribution in [2.24, 2.45) is 11.3 Å². The van der Waals surface area contributed by atoms with Gasteiger partial charge in [-0.3, -0.25) is 19.0 Å². The fourth-order valence-corrected chi connectivity index (χ4v) is 3.67. The highest BCUT2D eigenvalue weighted by atomic mass is 35.5. The highest BCUT2D eigenvalue weighted by Gasteiger charge is 2.38. The number of aliphatic hydroxyl groups is 1. The van der Waals surface area contributed by atoms with E-state index in [1.807, 2.05) is 0 Å². The zero-order chi connectivity index (χ0) is 22.9. The number of nitrogens with zero attached hydrogens (tertiary/aromatic N) is 2. The molecule has 0 atom stereocenters. The zero-order valence-corrected chi connectivity index (χ0v) is 18.4. The van der Waals surface area contributed by atoms with E-state index >= 15 is 0 Å². The molecule has 2 fully saturated rings. The summed E-state index contributed by atoms with van der Waals surface area (Å²) in [6.45, 7) is 2.43. The Morgan fingerprint density at radius 3 is 2.66 bits per heavy atom. The van der Waals surface area contributed by atoms with Gasteiger partial charge in [0.25, 0.3) is 5.56 Å². The van der Waals surface area contributed by atoms with E-state index in [1.54, 1.807) is 25.1 Å². The van der Waals surface area contributed by atoms with E-state index in [0.717, 1.165) is 12.8 Å². The topological polar surface area (TPSA) is 123 Å². The number of ether oxygens (including phenoxy) is 1. The normalized spacial score (nSPS) is 16.8. The van der Waals surface area contributed by atoms with Gasteiger partial charge in [-0.1, -0.05) is 11.6 Å². The van der Waals surface area contributed by atoms with Crippen molar-refractivity contribution in [2.45, 2.75) is 26.3 Å². The van der Waals surface area contributed by atoms with E-state index in [9.17, 15) is 19.5 Å². The highest BCUT2D eigenvalue weighted by molar-refractivity contribution is 6.31. The number of anilines is 1. The minimum Gasteiger partial charge on any atom is -0.396 e. The van der Waals surface area contributed by atoms with Gasteiger partial charge < -0.3 is 20.5 Å². The van der Waals surface area contributed by atoms with Crippen molar-refractivity contribution < 1.29 is 19.4 Å². The van der Waals surface area contributed by atoms with E-state index in [4.69, 9.17) is 16.3 Å². The Bertz CT molecular complexity index is 1100. The largest absolute Gasteiger partial charge is 0.396 e. The standard InChI is InChI=1S/C22H25ClN4O5/c1-13-25-18(16-5-4-15(23)6-17(16)26-21(31)14-2-3-14)7-20(30)27(13)8-19(29)24-9-22(10-28)11-32-12-22/h4-7,14,28H,2-3,8-12H2,1H3,(H,24,29)(H,26,31). The van der Waals surface area contributed by atoms with Crippen molar-refractivity contribution in [2.75, 3.05) is 31.7 Å². The molecule has 1 saturated heterocycles. The number of hydrogen-bond acceptors (Lipinski definition) is 6. The van der Waals surface area contributed by atoms with Gasteiger partial charge in [0.15, 0.2) is 0 Å². The van der Waals surface area contributed by atoms with Gasteiger partial charge in [-0.2, -0.15) is 0 Å². The summed E-state index contributed by atoms with van der Waals surface area (Å²) < 4.78 is 6.40. The van der Waals surface area contributed by atoms with Gasteiger partial charge in [0, 0.05) is 29.1 Å². The first kappa shape index (κ1) is 22.4. The quantitative estimate of drug-likeness (QED) is 0.546. The number of rotatable bonds is 8.